The molecule has 9 nitrogen and oxygen atoms in total. The van der Waals surface area contributed by atoms with E-state index in [1.807, 2.05) is 0 Å². The molecule has 174 valence electrons. The normalized spacial score (nSPS) is 11.1. The lowest BCUT2D eigenvalue weighted by molar-refractivity contribution is -0.116. The van der Waals surface area contributed by atoms with E-state index in [-0.39, 0.29) is 42.6 Å². The number of carbonyl (C=O) groups excluding carboxylic acids is 2. The van der Waals surface area contributed by atoms with Crippen LogP contribution in [0.25, 0.3) is 0 Å². The molecule has 2 rings (SSSR count). The molecular formula is C22H29N3O6S. The maximum Gasteiger partial charge on any atom is 0.254 e. The maximum absolute atomic E-state index is 13.1. The van der Waals surface area contributed by atoms with Gasteiger partial charge >= 0.3 is 0 Å². The molecule has 0 aliphatic carbocycles. The summed E-state index contributed by atoms with van der Waals surface area (Å²) in [6.07, 6.45) is 0. The molecule has 2 aromatic rings. The van der Waals surface area contributed by atoms with Crippen molar-refractivity contribution < 1.29 is 27.5 Å². The number of nitrogens with one attached hydrogen (secondary N) is 2. The van der Waals surface area contributed by atoms with Crippen LogP contribution in [0, 0.1) is 6.92 Å². The number of rotatable bonds is 11. The third-order valence-electron chi connectivity index (χ3n) is 4.70. The molecule has 2 amide bonds. The Bertz CT molecular complexity index is 1060. The van der Waals surface area contributed by atoms with Gasteiger partial charge < -0.3 is 19.7 Å². The second-order valence-electron chi connectivity index (χ2n) is 6.97. The summed E-state index contributed by atoms with van der Waals surface area (Å²) in [7, 11) is -0.797. The number of anilines is 1. The molecule has 0 saturated heterocycles. The first kappa shape index (κ1) is 25.3. The number of hydrogen-bond acceptors (Lipinski definition) is 6. The van der Waals surface area contributed by atoms with Gasteiger partial charge in [-0.15, -0.1) is 0 Å². The van der Waals surface area contributed by atoms with Crippen LogP contribution in [0.2, 0.25) is 0 Å². The highest BCUT2D eigenvalue weighted by molar-refractivity contribution is 7.89. The lowest BCUT2D eigenvalue weighted by Gasteiger charge is -2.22. The van der Waals surface area contributed by atoms with E-state index in [0.717, 1.165) is 0 Å². The van der Waals surface area contributed by atoms with E-state index in [1.54, 1.807) is 44.2 Å². The molecule has 0 saturated carbocycles. The van der Waals surface area contributed by atoms with Gasteiger partial charge in [0.15, 0.2) is 0 Å². The zero-order valence-corrected chi connectivity index (χ0v) is 19.5. The minimum Gasteiger partial charge on any atom is -0.497 e. The molecule has 0 aliphatic heterocycles. The first-order chi connectivity index (χ1) is 15.2. The minimum atomic E-state index is -3.80. The zero-order valence-electron chi connectivity index (χ0n) is 18.7. The number of ether oxygens (including phenoxy) is 2. The van der Waals surface area contributed by atoms with Crippen molar-refractivity contribution in [2.24, 2.45) is 0 Å². The van der Waals surface area contributed by atoms with Crippen LogP contribution in [0.4, 0.5) is 5.69 Å². The SMILES string of the molecule is CCN(CC(=O)Nc1cccc(OC)c1)C(=O)c1cc(S(=O)(=O)NCCOC)ccc1C. The number of sulfonamides is 1. The van der Waals surface area contributed by atoms with Crippen molar-refractivity contribution in [1.82, 2.24) is 9.62 Å². The standard InChI is InChI=1S/C22H29N3O6S/c1-5-25(15-21(26)24-17-7-6-8-18(13-17)31-4)22(27)20-14-19(10-9-16(20)2)32(28,29)23-11-12-30-3/h6-10,13-14,23H,5,11-12,15H2,1-4H3,(H,24,26). The number of amides is 2. The van der Waals surface area contributed by atoms with Crippen LogP contribution in [-0.4, -0.2) is 65.6 Å². The van der Waals surface area contributed by atoms with E-state index in [9.17, 15) is 18.0 Å². The summed E-state index contributed by atoms with van der Waals surface area (Å²) in [6, 6.07) is 11.2. The highest BCUT2D eigenvalue weighted by Gasteiger charge is 2.22. The highest BCUT2D eigenvalue weighted by atomic mass is 32.2. The van der Waals surface area contributed by atoms with E-state index >= 15 is 0 Å². The third-order valence-corrected chi connectivity index (χ3v) is 6.16. The van der Waals surface area contributed by atoms with Gasteiger partial charge in [0, 0.05) is 37.5 Å². The van der Waals surface area contributed by atoms with Gasteiger partial charge in [0.2, 0.25) is 15.9 Å². The van der Waals surface area contributed by atoms with Crippen molar-refractivity contribution in [3.05, 3.63) is 53.6 Å². The van der Waals surface area contributed by atoms with Crippen molar-refractivity contribution >= 4 is 27.5 Å². The number of nitrogens with zero attached hydrogens (tertiary/aromatic N) is 1. The van der Waals surface area contributed by atoms with Gasteiger partial charge in [-0.2, -0.15) is 0 Å². The number of carbonyl (C=O) groups is 2. The predicted molar refractivity (Wildman–Crippen MR) is 121 cm³/mol. The Hall–Kier alpha value is -2.95. The lowest BCUT2D eigenvalue weighted by atomic mass is 10.1. The van der Waals surface area contributed by atoms with Gasteiger partial charge in [0.05, 0.1) is 18.6 Å². The molecular weight excluding hydrogens is 434 g/mol. The van der Waals surface area contributed by atoms with Crippen LogP contribution in [0.5, 0.6) is 5.75 Å². The Labute approximate surface area is 188 Å². The minimum absolute atomic E-state index is 0.0283. The summed E-state index contributed by atoms with van der Waals surface area (Å²) >= 11 is 0. The molecule has 0 unspecified atom stereocenters. The molecule has 10 heteroatoms. The summed E-state index contributed by atoms with van der Waals surface area (Å²) < 4.78 is 37.4. The van der Waals surface area contributed by atoms with E-state index in [0.29, 0.717) is 17.0 Å². The maximum atomic E-state index is 13.1. The molecule has 0 radical (unpaired) electrons. The average Bonchev–Trinajstić information content (AvgIpc) is 2.77. The van der Waals surface area contributed by atoms with Crippen LogP contribution in [0.1, 0.15) is 22.8 Å². The second kappa shape index (κ2) is 11.6. The van der Waals surface area contributed by atoms with Gasteiger partial charge in [-0.1, -0.05) is 12.1 Å². The lowest BCUT2D eigenvalue weighted by Crippen LogP contribution is -2.38. The van der Waals surface area contributed by atoms with Gasteiger partial charge in [-0.05, 0) is 43.7 Å². The van der Waals surface area contributed by atoms with Gasteiger partial charge in [0.25, 0.3) is 5.91 Å². The van der Waals surface area contributed by atoms with E-state index in [4.69, 9.17) is 9.47 Å². The van der Waals surface area contributed by atoms with Gasteiger partial charge in [0.1, 0.15) is 12.3 Å². The molecule has 0 aliphatic rings. The van der Waals surface area contributed by atoms with Crippen LogP contribution in [-0.2, 0) is 19.6 Å². The summed E-state index contributed by atoms with van der Waals surface area (Å²) in [5.74, 6) is -0.213. The van der Waals surface area contributed by atoms with Crippen molar-refractivity contribution in [2.45, 2.75) is 18.7 Å². The molecule has 0 spiro atoms. The van der Waals surface area contributed by atoms with Crippen LogP contribution in [0.3, 0.4) is 0 Å². The molecule has 2 N–H and O–H groups in total. The molecule has 32 heavy (non-hydrogen) atoms. The number of hydrogen-bond donors (Lipinski definition) is 2. The van der Waals surface area contributed by atoms with E-state index in [2.05, 4.69) is 10.0 Å². The largest absolute Gasteiger partial charge is 0.497 e. The Kier molecular flexibility index (Phi) is 9.18. The van der Waals surface area contributed by atoms with Gasteiger partial charge in [-0.25, -0.2) is 13.1 Å². The monoisotopic (exact) mass is 463 g/mol. The fraction of sp³-hybridized carbons (Fsp3) is 0.364. The average molecular weight is 464 g/mol. The van der Waals surface area contributed by atoms with E-state index in [1.165, 1.54) is 31.3 Å². The first-order valence-corrected chi connectivity index (χ1v) is 11.5. The number of aryl methyl sites for hydroxylation is 1. The predicted octanol–water partition coefficient (Wildman–Crippen LogP) is 2.03. The summed E-state index contributed by atoms with van der Waals surface area (Å²) in [5.41, 5.74) is 1.37. The Morgan fingerprint density at radius 3 is 2.50 bits per heavy atom. The zero-order chi connectivity index (χ0) is 23.7. The molecule has 0 aromatic heterocycles. The highest BCUT2D eigenvalue weighted by Crippen LogP contribution is 2.19. The van der Waals surface area contributed by atoms with Crippen molar-refractivity contribution in [3.8, 4) is 5.75 Å². The Balaban J connectivity index is 2.17. The summed E-state index contributed by atoms with van der Waals surface area (Å²) in [4.78, 5) is 27.0. The quantitative estimate of drug-likeness (QED) is 0.493. The van der Waals surface area contributed by atoms with E-state index < -0.39 is 15.9 Å². The molecule has 2 aromatic carbocycles. The fourth-order valence-electron chi connectivity index (χ4n) is 2.93. The van der Waals surface area contributed by atoms with Crippen LogP contribution in [0.15, 0.2) is 47.4 Å². The second-order valence-corrected chi connectivity index (χ2v) is 8.73. The molecule has 0 atom stereocenters. The number of benzene rings is 2. The van der Waals surface area contributed by atoms with Crippen molar-refractivity contribution in [2.75, 3.05) is 45.8 Å². The Morgan fingerprint density at radius 2 is 1.84 bits per heavy atom. The van der Waals surface area contributed by atoms with Crippen molar-refractivity contribution in [3.63, 3.8) is 0 Å². The number of likely N-dealkylation sites (N-methyl/N-ethyl adjacent to an activating group) is 1. The molecule has 0 fully saturated rings. The smallest absolute Gasteiger partial charge is 0.254 e. The summed E-state index contributed by atoms with van der Waals surface area (Å²) in [6.45, 7) is 3.89. The third kappa shape index (κ3) is 6.78. The fourth-order valence-corrected chi connectivity index (χ4v) is 3.97. The topological polar surface area (TPSA) is 114 Å². The molecule has 0 heterocycles. The molecule has 0 bridgehead atoms. The van der Waals surface area contributed by atoms with Crippen LogP contribution >= 0.6 is 0 Å². The Morgan fingerprint density at radius 1 is 1.09 bits per heavy atom. The number of methoxy groups -OCH3 is 2. The summed E-state index contributed by atoms with van der Waals surface area (Å²) in [5, 5.41) is 2.74. The van der Waals surface area contributed by atoms with Gasteiger partial charge in [-0.3, -0.25) is 9.59 Å². The van der Waals surface area contributed by atoms with Crippen LogP contribution < -0.4 is 14.8 Å². The van der Waals surface area contributed by atoms with Crippen molar-refractivity contribution in [1.29, 1.82) is 0 Å². The first-order valence-electron chi connectivity index (χ1n) is 10.0.